The maximum atomic E-state index is 12.5. The van der Waals surface area contributed by atoms with Crippen LogP contribution in [0.5, 0.6) is 5.88 Å². The van der Waals surface area contributed by atoms with Gasteiger partial charge in [-0.25, -0.2) is 4.98 Å². The number of anilines is 1. The second kappa shape index (κ2) is 7.73. The molecule has 1 saturated carbocycles. The third kappa shape index (κ3) is 4.14. The number of carbonyl (C=O) groups is 1. The second-order valence-corrected chi connectivity index (χ2v) is 7.96. The van der Waals surface area contributed by atoms with Gasteiger partial charge in [-0.1, -0.05) is 12.8 Å². The molecule has 1 aromatic rings. The zero-order valence-corrected chi connectivity index (χ0v) is 15.0. The number of pyridine rings is 1. The first-order valence-electron chi connectivity index (χ1n) is 9.88. The second-order valence-electron chi connectivity index (χ2n) is 7.96. The molecule has 1 N–H and O–H groups in total. The fourth-order valence-corrected chi connectivity index (χ4v) is 4.82. The molecular weight excluding hydrogens is 314 g/mol. The van der Waals surface area contributed by atoms with E-state index < -0.39 is 0 Å². The number of amides is 1. The number of piperidine rings is 1. The van der Waals surface area contributed by atoms with Crippen molar-refractivity contribution in [2.45, 2.75) is 44.9 Å². The van der Waals surface area contributed by atoms with Crippen molar-refractivity contribution >= 4 is 11.6 Å². The summed E-state index contributed by atoms with van der Waals surface area (Å²) >= 11 is 0. The van der Waals surface area contributed by atoms with Gasteiger partial charge in [0.1, 0.15) is 5.69 Å². The molecule has 5 nitrogen and oxygen atoms in total. The molecule has 1 aromatic heterocycles. The van der Waals surface area contributed by atoms with Gasteiger partial charge in [-0.2, -0.15) is 0 Å². The van der Waals surface area contributed by atoms with Crippen LogP contribution in [0.15, 0.2) is 18.3 Å². The van der Waals surface area contributed by atoms with Crippen molar-refractivity contribution in [3.8, 4) is 5.88 Å². The molecule has 2 fully saturated rings. The summed E-state index contributed by atoms with van der Waals surface area (Å²) in [6.45, 7) is 4.19. The van der Waals surface area contributed by atoms with Crippen LogP contribution in [-0.2, 0) is 4.79 Å². The van der Waals surface area contributed by atoms with Crippen molar-refractivity contribution in [2.75, 3.05) is 31.6 Å². The van der Waals surface area contributed by atoms with Gasteiger partial charge in [-0.05, 0) is 62.1 Å². The van der Waals surface area contributed by atoms with Gasteiger partial charge in [0.25, 0.3) is 0 Å². The number of nitrogens with zero attached hydrogens (tertiary/aromatic N) is 2. The first kappa shape index (κ1) is 16.8. The van der Waals surface area contributed by atoms with Crippen molar-refractivity contribution in [3.63, 3.8) is 0 Å². The fourth-order valence-electron chi connectivity index (χ4n) is 4.82. The van der Waals surface area contributed by atoms with Crippen LogP contribution >= 0.6 is 0 Å². The average molecular weight is 343 g/mol. The molecule has 1 amide bonds. The van der Waals surface area contributed by atoms with Gasteiger partial charge in [0.15, 0.2) is 0 Å². The lowest BCUT2D eigenvalue weighted by Gasteiger charge is -2.40. The largest absolute Gasteiger partial charge is 0.476 e. The Morgan fingerprint density at radius 1 is 1.20 bits per heavy atom. The molecule has 25 heavy (non-hydrogen) atoms. The Morgan fingerprint density at radius 3 is 2.96 bits per heavy atom. The standard InChI is InChI=1S/C20H29N3O2/c24-19-12-16-7-10-23(13-15-4-1-2-5-15)14-17(16)8-11-25-20-18(22-19)6-3-9-21-20/h3,6,9,15-17H,1-2,4-5,7-8,10-14H2,(H,22,24)/t16-,17-/m0/s1. The summed E-state index contributed by atoms with van der Waals surface area (Å²) < 4.78 is 5.89. The van der Waals surface area contributed by atoms with E-state index in [2.05, 4.69) is 15.2 Å². The number of rotatable bonds is 2. The van der Waals surface area contributed by atoms with E-state index in [1.165, 1.54) is 32.2 Å². The van der Waals surface area contributed by atoms with Crippen molar-refractivity contribution in [2.24, 2.45) is 17.8 Å². The highest BCUT2D eigenvalue weighted by molar-refractivity contribution is 5.92. The quantitative estimate of drug-likeness (QED) is 0.895. The molecule has 1 aliphatic carbocycles. The smallest absolute Gasteiger partial charge is 0.237 e. The summed E-state index contributed by atoms with van der Waals surface area (Å²) in [7, 11) is 0. The van der Waals surface area contributed by atoms with Crippen LogP contribution in [0, 0.1) is 17.8 Å². The molecular formula is C20H29N3O2. The minimum atomic E-state index is 0.0963. The molecule has 2 aliphatic heterocycles. The van der Waals surface area contributed by atoms with E-state index in [1.807, 2.05) is 12.1 Å². The highest BCUT2D eigenvalue weighted by Crippen LogP contribution is 2.33. The Morgan fingerprint density at radius 2 is 2.08 bits per heavy atom. The van der Waals surface area contributed by atoms with E-state index in [9.17, 15) is 4.79 Å². The Hall–Kier alpha value is -1.62. The minimum Gasteiger partial charge on any atom is -0.476 e. The third-order valence-corrected chi connectivity index (χ3v) is 6.19. The van der Waals surface area contributed by atoms with Crippen LogP contribution in [0.25, 0.3) is 0 Å². The minimum absolute atomic E-state index is 0.0963. The number of hydrogen-bond donors (Lipinski definition) is 1. The van der Waals surface area contributed by atoms with Gasteiger partial charge in [0.2, 0.25) is 11.8 Å². The Labute approximate surface area is 150 Å². The zero-order chi connectivity index (χ0) is 17.1. The summed E-state index contributed by atoms with van der Waals surface area (Å²) in [4.78, 5) is 19.4. The van der Waals surface area contributed by atoms with E-state index in [1.54, 1.807) is 6.20 Å². The molecule has 2 atom stereocenters. The number of aromatic nitrogens is 1. The van der Waals surface area contributed by atoms with Gasteiger partial charge in [-0.3, -0.25) is 4.79 Å². The monoisotopic (exact) mass is 343 g/mol. The number of ether oxygens (including phenoxy) is 1. The Bertz CT molecular complexity index is 600. The third-order valence-electron chi connectivity index (χ3n) is 6.19. The zero-order valence-electron chi connectivity index (χ0n) is 15.0. The Balaban J connectivity index is 1.41. The van der Waals surface area contributed by atoms with Gasteiger partial charge < -0.3 is 15.0 Å². The average Bonchev–Trinajstić information content (AvgIpc) is 3.11. The van der Waals surface area contributed by atoms with E-state index in [-0.39, 0.29) is 5.91 Å². The van der Waals surface area contributed by atoms with Crippen LogP contribution < -0.4 is 10.1 Å². The predicted molar refractivity (Wildman–Crippen MR) is 97.6 cm³/mol. The number of fused-ring (bicyclic) bond motifs is 2. The summed E-state index contributed by atoms with van der Waals surface area (Å²) in [5, 5.41) is 2.99. The van der Waals surface area contributed by atoms with E-state index >= 15 is 0 Å². The van der Waals surface area contributed by atoms with Crippen molar-refractivity contribution in [1.29, 1.82) is 0 Å². The highest BCUT2D eigenvalue weighted by Gasteiger charge is 2.32. The summed E-state index contributed by atoms with van der Waals surface area (Å²) in [5.41, 5.74) is 0.699. The molecule has 4 rings (SSSR count). The Kier molecular flexibility index (Phi) is 5.20. The normalized spacial score (nSPS) is 28.6. The lowest BCUT2D eigenvalue weighted by atomic mass is 9.80. The van der Waals surface area contributed by atoms with Crippen molar-refractivity contribution < 1.29 is 9.53 Å². The molecule has 3 heterocycles. The van der Waals surface area contributed by atoms with Crippen LogP contribution in [0.2, 0.25) is 0 Å². The van der Waals surface area contributed by atoms with Gasteiger partial charge in [0.05, 0.1) is 6.61 Å². The van der Waals surface area contributed by atoms with Crippen molar-refractivity contribution in [3.05, 3.63) is 18.3 Å². The first-order chi connectivity index (χ1) is 12.3. The predicted octanol–water partition coefficient (Wildman–Crippen LogP) is 3.32. The summed E-state index contributed by atoms with van der Waals surface area (Å²) in [6, 6.07) is 3.70. The maximum absolute atomic E-state index is 12.5. The molecule has 0 spiro atoms. The van der Waals surface area contributed by atoms with E-state index in [4.69, 9.17) is 4.74 Å². The number of likely N-dealkylation sites (tertiary alicyclic amines) is 1. The SMILES string of the molecule is O=C1C[C@@H]2CCN(CC3CCCC3)C[C@@H]2CCOc2ncccc2N1. The number of nitrogens with one attached hydrogen (secondary N) is 1. The van der Waals surface area contributed by atoms with Crippen LogP contribution in [0.3, 0.4) is 0 Å². The molecule has 0 aromatic carbocycles. The number of hydrogen-bond acceptors (Lipinski definition) is 4. The van der Waals surface area contributed by atoms with Gasteiger partial charge in [-0.15, -0.1) is 0 Å². The maximum Gasteiger partial charge on any atom is 0.237 e. The summed E-state index contributed by atoms with van der Waals surface area (Å²) in [5.74, 6) is 2.56. The van der Waals surface area contributed by atoms with E-state index in [0.717, 1.165) is 31.8 Å². The number of carbonyl (C=O) groups excluding carboxylic acids is 1. The van der Waals surface area contributed by atoms with Crippen LogP contribution in [0.1, 0.15) is 44.9 Å². The lowest BCUT2D eigenvalue weighted by molar-refractivity contribution is -0.118. The lowest BCUT2D eigenvalue weighted by Crippen LogP contribution is -2.44. The van der Waals surface area contributed by atoms with E-state index in [0.29, 0.717) is 36.4 Å². The van der Waals surface area contributed by atoms with Gasteiger partial charge >= 0.3 is 0 Å². The molecule has 0 radical (unpaired) electrons. The van der Waals surface area contributed by atoms with Crippen LogP contribution in [-0.4, -0.2) is 42.0 Å². The first-order valence-corrected chi connectivity index (χ1v) is 9.88. The molecule has 0 unspecified atom stereocenters. The summed E-state index contributed by atoms with van der Waals surface area (Å²) in [6.07, 6.45) is 10.1. The van der Waals surface area contributed by atoms with Crippen LogP contribution in [0.4, 0.5) is 5.69 Å². The van der Waals surface area contributed by atoms with Crippen molar-refractivity contribution in [1.82, 2.24) is 9.88 Å². The molecule has 1 saturated heterocycles. The van der Waals surface area contributed by atoms with Gasteiger partial charge in [0, 0.05) is 25.7 Å². The molecule has 3 aliphatic rings. The fraction of sp³-hybridized carbons (Fsp3) is 0.700. The molecule has 136 valence electrons. The highest BCUT2D eigenvalue weighted by atomic mass is 16.5. The molecule has 5 heteroatoms. The molecule has 0 bridgehead atoms. The topological polar surface area (TPSA) is 54.5 Å².